The van der Waals surface area contributed by atoms with E-state index < -0.39 is 11.6 Å². The van der Waals surface area contributed by atoms with Crippen molar-refractivity contribution in [2.75, 3.05) is 6.54 Å². The molecule has 100 valence electrons. The number of rotatable bonds is 5. The van der Waals surface area contributed by atoms with Crippen LogP contribution >= 0.6 is 0 Å². The molecule has 0 bridgehead atoms. The molecule has 1 amide bonds. The number of carboxylic acid groups (broad SMARTS) is 1. The SMILES string of the molecule is CC(C)(C)N(CCCn1ccnc1C=O)C(=O)O. The standard InChI is InChI=1S/C12H19N3O3/c1-12(2,3)15(11(17)18)7-4-6-14-8-5-13-10(14)9-16/h5,8-9H,4,6-7H2,1-3H3,(H,17,18). The molecule has 1 aromatic rings. The molecular formula is C12H19N3O3. The summed E-state index contributed by atoms with van der Waals surface area (Å²) in [7, 11) is 0. The maximum absolute atomic E-state index is 11.1. The Morgan fingerprint density at radius 3 is 2.72 bits per heavy atom. The highest BCUT2D eigenvalue weighted by Gasteiger charge is 2.25. The summed E-state index contributed by atoms with van der Waals surface area (Å²) in [6, 6.07) is 0. The van der Waals surface area contributed by atoms with E-state index in [9.17, 15) is 9.59 Å². The first-order valence-corrected chi connectivity index (χ1v) is 5.83. The molecule has 0 saturated carbocycles. The van der Waals surface area contributed by atoms with Crippen molar-refractivity contribution in [3.8, 4) is 0 Å². The second kappa shape index (κ2) is 5.66. The molecular weight excluding hydrogens is 234 g/mol. The summed E-state index contributed by atoms with van der Waals surface area (Å²) in [4.78, 5) is 27.1. The number of amides is 1. The maximum Gasteiger partial charge on any atom is 0.407 e. The van der Waals surface area contributed by atoms with Gasteiger partial charge in [-0.3, -0.25) is 4.79 Å². The van der Waals surface area contributed by atoms with Gasteiger partial charge in [0.15, 0.2) is 12.1 Å². The van der Waals surface area contributed by atoms with E-state index in [2.05, 4.69) is 4.98 Å². The van der Waals surface area contributed by atoms with Crippen LogP contribution in [0.1, 0.15) is 37.8 Å². The Balaban J connectivity index is 2.55. The van der Waals surface area contributed by atoms with Crippen LogP contribution in [-0.2, 0) is 6.54 Å². The quantitative estimate of drug-likeness (QED) is 0.813. The lowest BCUT2D eigenvalue weighted by atomic mass is 10.1. The average Bonchev–Trinajstić information content (AvgIpc) is 2.69. The third kappa shape index (κ3) is 3.58. The Labute approximate surface area is 106 Å². The Hall–Kier alpha value is -1.85. The van der Waals surface area contributed by atoms with Crippen LogP contribution in [0.5, 0.6) is 0 Å². The van der Waals surface area contributed by atoms with E-state index in [1.165, 1.54) is 4.90 Å². The fraction of sp³-hybridized carbons (Fsp3) is 0.583. The molecule has 0 saturated heterocycles. The van der Waals surface area contributed by atoms with Crippen molar-refractivity contribution in [2.24, 2.45) is 0 Å². The molecule has 18 heavy (non-hydrogen) atoms. The zero-order chi connectivity index (χ0) is 13.8. The van der Waals surface area contributed by atoms with Crippen molar-refractivity contribution in [1.29, 1.82) is 0 Å². The van der Waals surface area contributed by atoms with E-state index >= 15 is 0 Å². The first-order valence-electron chi connectivity index (χ1n) is 5.83. The molecule has 0 atom stereocenters. The molecule has 1 aromatic heterocycles. The van der Waals surface area contributed by atoms with Gasteiger partial charge in [0.25, 0.3) is 0 Å². The Bertz CT molecular complexity index is 420. The summed E-state index contributed by atoms with van der Waals surface area (Å²) >= 11 is 0. The van der Waals surface area contributed by atoms with Crippen LogP contribution in [0, 0.1) is 0 Å². The number of hydrogen-bond acceptors (Lipinski definition) is 3. The summed E-state index contributed by atoms with van der Waals surface area (Å²) in [6.07, 6.45) is 3.68. The Kier molecular flexibility index (Phi) is 4.47. The molecule has 0 fully saturated rings. The summed E-state index contributed by atoms with van der Waals surface area (Å²) in [5.41, 5.74) is -0.422. The number of carbonyl (C=O) groups is 2. The largest absolute Gasteiger partial charge is 0.465 e. The van der Waals surface area contributed by atoms with Crippen LogP contribution in [0.15, 0.2) is 12.4 Å². The third-order valence-electron chi connectivity index (χ3n) is 2.67. The van der Waals surface area contributed by atoms with Crippen LogP contribution in [0.25, 0.3) is 0 Å². The molecule has 1 rings (SSSR count). The van der Waals surface area contributed by atoms with Gasteiger partial charge in [-0.05, 0) is 27.2 Å². The lowest BCUT2D eigenvalue weighted by Crippen LogP contribution is -2.45. The average molecular weight is 253 g/mol. The maximum atomic E-state index is 11.1. The van der Waals surface area contributed by atoms with E-state index in [0.717, 1.165) is 0 Å². The number of nitrogens with zero attached hydrogens (tertiary/aromatic N) is 3. The number of aldehydes is 1. The van der Waals surface area contributed by atoms with Gasteiger partial charge in [0.2, 0.25) is 0 Å². The second-order valence-corrected chi connectivity index (χ2v) is 5.06. The number of carbonyl (C=O) groups excluding carboxylic acids is 1. The highest BCUT2D eigenvalue weighted by Crippen LogP contribution is 2.14. The molecule has 1 N–H and O–H groups in total. The van der Waals surface area contributed by atoms with Crippen LogP contribution in [0.2, 0.25) is 0 Å². The molecule has 0 radical (unpaired) electrons. The fourth-order valence-electron chi connectivity index (χ4n) is 1.75. The van der Waals surface area contributed by atoms with Crippen LogP contribution in [0.4, 0.5) is 4.79 Å². The highest BCUT2D eigenvalue weighted by molar-refractivity contribution is 5.69. The van der Waals surface area contributed by atoms with Gasteiger partial charge in [0.1, 0.15) is 0 Å². The van der Waals surface area contributed by atoms with E-state index in [4.69, 9.17) is 5.11 Å². The Morgan fingerprint density at radius 2 is 2.22 bits per heavy atom. The predicted octanol–water partition coefficient (Wildman–Crippen LogP) is 1.86. The van der Waals surface area contributed by atoms with E-state index in [1.54, 1.807) is 17.0 Å². The monoisotopic (exact) mass is 253 g/mol. The van der Waals surface area contributed by atoms with Gasteiger partial charge in [0, 0.05) is 31.0 Å². The van der Waals surface area contributed by atoms with Crippen molar-refractivity contribution < 1.29 is 14.7 Å². The summed E-state index contributed by atoms with van der Waals surface area (Å²) in [5.74, 6) is 0.368. The molecule has 0 aliphatic rings. The third-order valence-corrected chi connectivity index (χ3v) is 2.67. The van der Waals surface area contributed by atoms with Crippen LogP contribution in [0.3, 0.4) is 0 Å². The van der Waals surface area contributed by atoms with Gasteiger partial charge in [-0.25, -0.2) is 9.78 Å². The lowest BCUT2D eigenvalue weighted by Gasteiger charge is -2.33. The van der Waals surface area contributed by atoms with Gasteiger partial charge >= 0.3 is 6.09 Å². The first-order chi connectivity index (χ1) is 8.36. The fourth-order valence-corrected chi connectivity index (χ4v) is 1.75. The molecule has 0 aliphatic carbocycles. The minimum absolute atomic E-state index is 0.368. The van der Waals surface area contributed by atoms with Gasteiger partial charge < -0.3 is 14.6 Å². The number of aryl methyl sites for hydroxylation is 1. The van der Waals surface area contributed by atoms with Gasteiger partial charge in [-0.15, -0.1) is 0 Å². The van der Waals surface area contributed by atoms with Crippen LogP contribution < -0.4 is 0 Å². The molecule has 0 aliphatic heterocycles. The van der Waals surface area contributed by atoms with Gasteiger partial charge in [0.05, 0.1) is 0 Å². The zero-order valence-electron chi connectivity index (χ0n) is 11.0. The van der Waals surface area contributed by atoms with Crippen molar-refractivity contribution in [1.82, 2.24) is 14.5 Å². The highest BCUT2D eigenvalue weighted by atomic mass is 16.4. The topological polar surface area (TPSA) is 75.4 Å². The molecule has 0 spiro atoms. The predicted molar refractivity (Wildman–Crippen MR) is 66.7 cm³/mol. The Morgan fingerprint density at radius 1 is 1.56 bits per heavy atom. The minimum Gasteiger partial charge on any atom is -0.465 e. The lowest BCUT2D eigenvalue weighted by molar-refractivity contribution is 0.0981. The van der Waals surface area contributed by atoms with E-state index in [1.807, 2.05) is 20.8 Å². The van der Waals surface area contributed by atoms with Crippen molar-refractivity contribution in [3.63, 3.8) is 0 Å². The smallest absolute Gasteiger partial charge is 0.407 e. The molecule has 6 heteroatoms. The van der Waals surface area contributed by atoms with E-state index in [0.29, 0.717) is 31.6 Å². The number of aromatic nitrogens is 2. The normalized spacial score (nSPS) is 11.3. The molecule has 1 heterocycles. The number of imidazole rings is 1. The molecule has 0 aromatic carbocycles. The summed E-state index contributed by atoms with van der Waals surface area (Å²) < 4.78 is 1.72. The second-order valence-electron chi connectivity index (χ2n) is 5.06. The molecule has 6 nitrogen and oxygen atoms in total. The molecule has 0 unspecified atom stereocenters. The number of hydrogen-bond donors (Lipinski definition) is 1. The zero-order valence-corrected chi connectivity index (χ0v) is 11.0. The summed E-state index contributed by atoms with van der Waals surface area (Å²) in [5, 5.41) is 9.12. The van der Waals surface area contributed by atoms with Gasteiger partial charge in [-0.2, -0.15) is 0 Å². The van der Waals surface area contributed by atoms with Crippen molar-refractivity contribution in [3.05, 3.63) is 18.2 Å². The van der Waals surface area contributed by atoms with Gasteiger partial charge in [-0.1, -0.05) is 0 Å². The minimum atomic E-state index is -0.927. The van der Waals surface area contributed by atoms with Crippen molar-refractivity contribution in [2.45, 2.75) is 39.3 Å². The van der Waals surface area contributed by atoms with E-state index in [-0.39, 0.29) is 0 Å². The van der Waals surface area contributed by atoms with Crippen molar-refractivity contribution >= 4 is 12.4 Å². The van der Waals surface area contributed by atoms with Crippen LogP contribution in [-0.4, -0.2) is 44.0 Å². The summed E-state index contributed by atoms with van der Waals surface area (Å²) in [6.45, 7) is 6.57. The first kappa shape index (κ1) is 14.2.